The SMILES string of the molecule is CC(C)n1ccc(CNC(=O)NC(C)(CO)C2CCCCC2)n1. The molecule has 0 bridgehead atoms. The molecule has 1 fully saturated rings. The third kappa shape index (κ3) is 4.70. The molecule has 6 heteroatoms. The molecule has 1 atom stereocenters. The van der Waals surface area contributed by atoms with Gasteiger partial charge in [-0.1, -0.05) is 19.3 Å². The van der Waals surface area contributed by atoms with Gasteiger partial charge in [0.25, 0.3) is 0 Å². The van der Waals surface area contributed by atoms with E-state index in [4.69, 9.17) is 0 Å². The molecule has 1 heterocycles. The second-order valence-electron chi connectivity index (χ2n) is 7.10. The highest BCUT2D eigenvalue weighted by molar-refractivity contribution is 5.74. The summed E-state index contributed by atoms with van der Waals surface area (Å²) >= 11 is 0. The van der Waals surface area contributed by atoms with Crippen LogP contribution >= 0.6 is 0 Å². The van der Waals surface area contributed by atoms with Gasteiger partial charge in [-0.05, 0) is 45.6 Å². The van der Waals surface area contributed by atoms with Gasteiger partial charge in [0.1, 0.15) is 0 Å². The topological polar surface area (TPSA) is 79.2 Å². The Balaban J connectivity index is 1.86. The van der Waals surface area contributed by atoms with Crippen molar-refractivity contribution in [1.29, 1.82) is 0 Å². The Morgan fingerprint density at radius 3 is 2.70 bits per heavy atom. The van der Waals surface area contributed by atoms with E-state index in [-0.39, 0.29) is 12.6 Å². The molecule has 1 aliphatic rings. The summed E-state index contributed by atoms with van der Waals surface area (Å²) in [6, 6.07) is 1.97. The predicted octanol–water partition coefficient (Wildman–Crippen LogP) is 2.59. The number of nitrogens with one attached hydrogen (secondary N) is 2. The Hall–Kier alpha value is -1.56. The summed E-state index contributed by atoms with van der Waals surface area (Å²) in [5, 5.41) is 20.0. The Morgan fingerprint density at radius 1 is 1.43 bits per heavy atom. The fraction of sp³-hybridized carbons (Fsp3) is 0.765. The Kier molecular flexibility index (Phi) is 6.04. The largest absolute Gasteiger partial charge is 0.394 e. The highest BCUT2D eigenvalue weighted by Gasteiger charge is 2.35. The number of carbonyl (C=O) groups is 1. The van der Waals surface area contributed by atoms with Crippen molar-refractivity contribution in [3.63, 3.8) is 0 Å². The van der Waals surface area contributed by atoms with Crippen LogP contribution in [0.25, 0.3) is 0 Å². The first kappa shape index (κ1) is 17.8. The summed E-state index contributed by atoms with van der Waals surface area (Å²) in [6.45, 7) is 6.42. The fourth-order valence-corrected chi connectivity index (χ4v) is 3.24. The summed E-state index contributed by atoms with van der Waals surface area (Å²) in [5.41, 5.74) is 0.277. The highest BCUT2D eigenvalue weighted by atomic mass is 16.3. The number of urea groups is 1. The third-order valence-corrected chi connectivity index (χ3v) is 4.86. The van der Waals surface area contributed by atoms with Crippen molar-refractivity contribution in [2.75, 3.05) is 6.61 Å². The minimum Gasteiger partial charge on any atom is -0.394 e. The molecule has 0 aliphatic heterocycles. The zero-order chi connectivity index (χ0) is 16.9. The van der Waals surface area contributed by atoms with Crippen LogP contribution in [0.1, 0.15) is 64.6 Å². The van der Waals surface area contributed by atoms with Gasteiger partial charge in [-0.25, -0.2) is 4.79 Å². The summed E-state index contributed by atoms with van der Waals surface area (Å²) in [7, 11) is 0. The number of hydrogen-bond donors (Lipinski definition) is 3. The number of rotatable bonds is 6. The van der Waals surface area contributed by atoms with E-state index in [0.29, 0.717) is 18.5 Å². The number of nitrogens with zero attached hydrogens (tertiary/aromatic N) is 2. The van der Waals surface area contributed by atoms with Crippen LogP contribution in [0.2, 0.25) is 0 Å². The molecule has 0 aromatic carbocycles. The number of aromatic nitrogens is 2. The lowest BCUT2D eigenvalue weighted by Gasteiger charge is -2.39. The van der Waals surface area contributed by atoms with Crippen molar-refractivity contribution in [2.24, 2.45) is 5.92 Å². The molecule has 1 unspecified atom stereocenters. The van der Waals surface area contributed by atoms with Crippen LogP contribution < -0.4 is 10.6 Å². The van der Waals surface area contributed by atoms with E-state index in [0.717, 1.165) is 18.5 Å². The standard InChI is InChI=1S/C17H30N4O2/c1-13(2)21-10-9-15(20-21)11-18-16(23)19-17(3,12-22)14-7-5-4-6-8-14/h9-10,13-14,22H,4-8,11-12H2,1-3H3,(H2,18,19,23). The lowest BCUT2D eigenvalue weighted by Crippen LogP contribution is -2.57. The van der Waals surface area contributed by atoms with Crippen LogP contribution in [0.5, 0.6) is 0 Å². The van der Waals surface area contributed by atoms with Gasteiger partial charge >= 0.3 is 6.03 Å². The van der Waals surface area contributed by atoms with Crippen LogP contribution in [0.3, 0.4) is 0 Å². The lowest BCUT2D eigenvalue weighted by molar-refractivity contribution is 0.101. The normalized spacial score (nSPS) is 18.7. The number of amides is 2. The van der Waals surface area contributed by atoms with Crippen molar-refractivity contribution in [2.45, 2.75) is 71.0 Å². The zero-order valence-corrected chi connectivity index (χ0v) is 14.5. The summed E-state index contributed by atoms with van der Waals surface area (Å²) in [4.78, 5) is 12.2. The second-order valence-corrected chi connectivity index (χ2v) is 7.10. The van der Waals surface area contributed by atoms with E-state index in [1.54, 1.807) is 0 Å². The lowest BCUT2D eigenvalue weighted by atomic mass is 9.76. The van der Waals surface area contributed by atoms with Crippen LogP contribution in [0.4, 0.5) is 4.79 Å². The van der Waals surface area contributed by atoms with Crippen molar-refractivity contribution in [1.82, 2.24) is 20.4 Å². The van der Waals surface area contributed by atoms with Crippen molar-refractivity contribution >= 4 is 6.03 Å². The number of carbonyl (C=O) groups excluding carboxylic acids is 1. The van der Waals surface area contributed by atoms with Crippen LogP contribution in [-0.4, -0.2) is 33.1 Å². The summed E-state index contributed by atoms with van der Waals surface area (Å²) in [5.74, 6) is 0.340. The average Bonchev–Trinajstić information content (AvgIpc) is 3.03. The molecule has 0 radical (unpaired) electrons. The predicted molar refractivity (Wildman–Crippen MR) is 90.0 cm³/mol. The number of aliphatic hydroxyl groups excluding tert-OH is 1. The van der Waals surface area contributed by atoms with E-state index in [1.165, 1.54) is 19.3 Å². The maximum Gasteiger partial charge on any atom is 0.315 e. The summed E-state index contributed by atoms with van der Waals surface area (Å²) < 4.78 is 1.87. The van der Waals surface area contributed by atoms with Crippen LogP contribution in [0, 0.1) is 5.92 Å². The molecule has 23 heavy (non-hydrogen) atoms. The molecule has 6 nitrogen and oxygen atoms in total. The van der Waals surface area contributed by atoms with Crippen LogP contribution in [-0.2, 0) is 6.54 Å². The quantitative estimate of drug-likeness (QED) is 0.753. The number of hydrogen-bond acceptors (Lipinski definition) is 3. The first-order valence-electron chi connectivity index (χ1n) is 8.65. The molecule has 1 aliphatic carbocycles. The van der Waals surface area contributed by atoms with E-state index in [2.05, 4.69) is 29.6 Å². The van der Waals surface area contributed by atoms with Gasteiger partial charge in [0, 0.05) is 12.2 Å². The third-order valence-electron chi connectivity index (χ3n) is 4.86. The molecule has 1 aromatic heterocycles. The first-order chi connectivity index (χ1) is 10.9. The molecule has 0 saturated heterocycles. The molecule has 0 spiro atoms. The monoisotopic (exact) mass is 322 g/mol. The fourth-order valence-electron chi connectivity index (χ4n) is 3.24. The van der Waals surface area contributed by atoms with Gasteiger partial charge < -0.3 is 15.7 Å². The van der Waals surface area contributed by atoms with Gasteiger partial charge in [-0.3, -0.25) is 4.68 Å². The maximum absolute atomic E-state index is 12.2. The smallest absolute Gasteiger partial charge is 0.315 e. The Labute approximate surface area is 138 Å². The van der Waals surface area contributed by atoms with E-state index in [1.807, 2.05) is 23.9 Å². The van der Waals surface area contributed by atoms with Crippen LogP contribution in [0.15, 0.2) is 12.3 Å². The second kappa shape index (κ2) is 7.81. The number of aliphatic hydroxyl groups is 1. The molecular formula is C17H30N4O2. The van der Waals surface area contributed by atoms with Gasteiger partial charge in [0.2, 0.25) is 0 Å². The highest BCUT2D eigenvalue weighted by Crippen LogP contribution is 2.32. The molecule has 2 rings (SSSR count). The first-order valence-corrected chi connectivity index (χ1v) is 8.65. The molecule has 130 valence electrons. The molecule has 1 aromatic rings. The zero-order valence-electron chi connectivity index (χ0n) is 14.5. The van der Waals surface area contributed by atoms with Gasteiger partial charge in [-0.15, -0.1) is 0 Å². The van der Waals surface area contributed by atoms with Crippen molar-refractivity contribution in [3.8, 4) is 0 Å². The maximum atomic E-state index is 12.2. The van der Waals surface area contributed by atoms with E-state index in [9.17, 15) is 9.90 Å². The van der Waals surface area contributed by atoms with Crippen molar-refractivity contribution in [3.05, 3.63) is 18.0 Å². The molecule has 3 N–H and O–H groups in total. The van der Waals surface area contributed by atoms with E-state index < -0.39 is 5.54 Å². The minimum absolute atomic E-state index is 0.0347. The average molecular weight is 322 g/mol. The van der Waals surface area contributed by atoms with Gasteiger partial charge in [-0.2, -0.15) is 5.10 Å². The Bertz CT molecular complexity index is 508. The van der Waals surface area contributed by atoms with Gasteiger partial charge in [0.05, 0.1) is 24.4 Å². The minimum atomic E-state index is -0.554. The van der Waals surface area contributed by atoms with Crippen molar-refractivity contribution < 1.29 is 9.90 Å². The molecule has 2 amide bonds. The molecular weight excluding hydrogens is 292 g/mol. The molecule has 1 saturated carbocycles. The van der Waals surface area contributed by atoms with E-state index >= 15 is 0 Å². The van der Waals surface area contributed by atoms with Gasteiger partial charge in [0.15, 0.2) is 0 Å². The Morgan fingerprint density at radius 2 is 2.13 bits per heavy atom. The summed E-state index contributed by atoms with van der Waals surface area (Å²) in [6.07, 6.45) is 7.65.